The fraction of sp³-hybridized carbons (Fsp3) is 0.846. The minimum Gasteiger partial charge on any atom is -0.389 e. The number of hydrogen-bond acceptors (Lipinski definition) is 3. The van der Waals surface area contributed by atoms with E-state index in [1.54, 1.807) is 11.9 Å². The largest absolute Gasteiger partial charge is 0.389 e. The van der Waals surface area contributed by atoms with Crippen molar-refractivity contribution in [1.29, 1.82) is 0 Å². The Bertz CT molecular complexity index is 337. The highest BCUT2D eigenvalue weighted by atomic mass is 16.3. The highest BCUT2D eigenvalue weighted by molar-refractivity contribution is 5.79. The van der Waals surface area contributed by atoms with Gasteiger partial charge in [0.1, 0.15) is 0 Å². The molecule has 1 heterocycles. The predicted octanol–water partition coefficient (Wildman–Crippen LogP) is 0.419. The summed E-state index contributed by atoms with van der Waals surface area (Å²) in [6.45, 7) is 0.572. The van der Waals surface area contributed by atoms with E-state index in [-0.39, 0.29) is 24.3 Å². The number of amides is 2. The molecule has 18 heavy (non-hydrogen) atoms. The van der Waals surface area contributed by atoms with Gasteiger partial charge in [0.25, 0.3) is 0 Å². The Morgan fingerprint density at radius 2 is 2.17 bits per heavy atom. The second-order valence-corrected chi connectivity index (χ2v) is 5.69. The second-order valence-electron chi connectivity index (χ2n) is 5.69. The molecule has 5 heteroatoms. The van der Waals surface area contributed by atoms with E-state index in [2.05, 4.69) is 5.32 Å². The summed E-state index contributed by atoms with van der Waals surface area (Å²) in [5.74, 6) is 0.0436. The van der Waals surface area contributed by atoms with Crippen LogP contribution in [0.15, 0.2) is 0 Å². The van der Waals surface area contributed by atoms with Crippen LogP contribution in [0.3, 0.4) is 0 Å². The zero-order valence-corrected chi connectivity index (χ0v) is 10.9. The maximum atomic E-state index is 11.9. The number of hydrogen-bond donors (Lipinski definition) is 2. The van der Waals surface area contributed by atoms with E-state index in [4.69, 9.17) is 0 Å². The maximum absolute atomic E-state index is 11.9. The average molecular weight is 254 g/mol. The first-order valence-electron chi connectivity index (χ1n) is 6.74. The van der Waals surface area contributed by atoms with E-state index in [0.29, 0.717) is 19.4 Å². The van der Waals surface area contributed by atoms with Gasteiger partial charge in [0.2, 0.25) is 11.8 Å². The number of aliphatic hydroxyl groups is 1. The Kier molecular flexibility index (Phi) is 3.90. The van der Waals surface area contributed by atoms with Crippen LogP contribution in [0.25, 0.3) is 0 Å². The van der Waals surface area contributed by atoms with Crippen LogP contribution in [0.1, 0.15) is 44.9 Å². The van der Waals surface area contributed by atoms with Crippen LogP contribution in [-0.2, 0) is 9.59 Å². The van der Waals surface area contributed by atoms with Crippen LogP contribution >= 0.6 is 0 Å². The first-order valence-corrected chi connectivity index (χ1v) is 6.74. The van der Waals surface area contributed by atoms with Gasteiger partial charge in [-0.05, 0) is 19.3 Å². The van der Waals surface area contributed by atoms with Gasteiger partial charge in [0.05, 0.1) is 12.0 Å². The number of nitrogens with one attached hydrogen (secondary N) is 1. The molecule has 0 radical (unpaired) electrons. The first-order chi connectivity index (χ1) is 8.48. The van der Waals surface area contributed by atoms with Crippen LogP contribution in [0.5, 0.6) is 0 Å². The molecular formula is C13H22N2O3. The van der Waals surface area contributed by atoms with Gasteiger partial charge >= 0.3 is 0 Å². The SMILES string of the molecule is CN1CC(NC(=O)CC2(O)CCCC2)CCC1=O. The number of nitrogens with zero attached hydrogens (tertiary/aromatic N) is 1. The van der Waals surface area contributed by atoms with Crippen LogP contribution in [0, 0.1) is 0 Å². The van der Waals surface area contributed by atoms with Crippen molar-refractivity contribution in [2.45, 2.75) is 56.6 Å². The molecular weight excluding hydrogens is 232 g/mol. The van der Waals surface area contributed by atoms with E-state index in [1.165, 1.54) is 0 Å². The number of carbonyl (C=O) groups excluding carboxylic acids is 2. The maximum Gasteiger partial charge on any atom is 0.223 e. The molecule has 1 atom stereocenters. The van der Waals surface area contributed by atoms with Gasteiger partial charge in [-0.3, -0.25) is 9.59 Å². The summed E-state index contributed by atoms with van der Waals surface area (Å²) < 4.78 is 0. The van der Waals surface area contributed by atoms with E-state index in [9.17, 15) is 14.7 Å². The lowest BCUT2D eigenvalue weighted by Gasteiger charge is -2.31. The topological polar surface area (TPSA) is 69.6 Å². The Morgan fingerprint density at radius 3 is 2.78 bits per heavy atom. The molecule has 0 spiro atoms. The van der Waals surface area contributed by atoms with Crippen molar-refractivity contribution >= 4 is 11.8 Å². The zero-order valence-electron chi connectivity index (χ0n) is 10.9. The van der Waals surface area contributed by atoms with E-state index < -0.39 is 5.60 Å². The van der Waals surface area contributed by atoms with Crippen molar-refractivity contribution < 1.29 is 14.7 Å². The van der Waals surface area contributed by atoms with Gasteiger partial charge in [0, 0.05) is 26.1 Å². The van der Waals surface area contributed by atoms with E-state index in [0.717, 1.165) is 25.7 Å². The molecule has 2 N–H and O–H groups in total. The van der Waals surface area contributed by atoms with Crippen LogP contribution in [0.4, 0.5) is 0 Å². The summed E-state index contributed by atoms with van der Waals surface area (Å²) in [6, 6.07) is 0.0326. The summed E-state index contributed by atoms with van der Waals surface area (Å²) in [6.07, 6.45) is 4.85. The molecule has 0 bridgehead atoms. The smallest absolute Gasteiger partial charge is 0.223 e. The molecule has 2 amide bonds. The Hall–Kier alpha value is -1.10. The zero-order chi connectivity index (χ0) is 13.2. The lowest BCUT2D eigenvalue weighted by Crippen LogP contribution is -2.49. The lowest BCUT2D eigenvalue weighted by molar-refractivity contribution is -0.134. The third-order valence-corrected chi connectivity index (χ3v) is 4.02. The summed E-state index contributed by atoms with van der Waals surface area (Å²) >= 11 is 0. The normalized spacial score (nSPS) is 27.3. The van der Waals surface area contributed by atoms with Crippen molar-refractivity contribution in [3.8, 4) is 0 Å². The molecule has 1 saturated heterocycles. The Labute approximate surface area is 108 Å². The molecule has 5 nitrogen and oxygen atoms in total. The third-order valence-electron chi connectivity index (χ3n) is 4.02. The fourth-order valence-electron chi connectivity index (χ4n) is 2.92. The fourth-order valence-corrected chi connectivity index (χ4v) is 2.92. The molecule has 0 aromatic rings. The number of carbonyl (C=O) groups is 2. The van der Waals surface area contributed by atoms with Crippen molar-refractivity contribution in [3.63, 3.8) is 0 Å². The lowest BCUT2D eigenvalue weighted by atomic mass is 9.97. The number of rotatable bonds is 3. The van der Waals surface area contributed by atoms with Crippen molar-refractivity contribution in [3.05, 3.63) is 0 Å². The van der Waals surface area contributed by atoms with Gasteiger partial charge in [-0.2, -0.15) is 0 Å². The van der Waals surface area contributed by atoms with Crippen molar-refractivity contribution in [2.24, 2.45) is 0 Å². The summed E-state index contributed by atoms with van der Waals surface area (Å²) in [5, 5.41) is 13.1. The highest BCUT2D eigenvalue weighted by Crippen LogP contribution is 2.32. The van der Waals surface area contributed by atoms with E-state index in [1.807, 2.05) is 0 Å². The number of likely N-dealkylation sites (N-methyl/N-ethyl adjacent to an activating group) is 1. The summed E-state index contributed by atoms with van der Waals surface area (Å²) in [4.78, 5) is 24.9. The molecule has 0 aromatic heterocycles. The monoisotopic (exact) mass is 254 g/mol. The standard InChI is InChI=1S/C13H22N2O3/c1-15-9-10(4-5-12(15)17)14-11(16)8-13(18)6-2-3-7-13/h10,18H,2-9H2,1H3,(H,14,16). The van der Waals surface area contributed by atoms with Crippen LogP contribution in [0.2, 0.25) is 0 Å². The minimum atomic E-state index is -0.791. The van der Waals surface area contributed by atoms with Crippen molar-refractivity contribution in [1.82, 2.24) is 10.2 Å². The third kappa shape index (κ3) is 3.22. The quantitative estimate of drug-likeness (QED) is 0.767. The molecule has 1 unspecified atom stereocenters. The minimum absolute atomic E-state index is 0.0326. The molecule has 1 saturated carbocycles. The molecule has 1 aliphatic heterocycles. The van der Waals surface area contributed by atoms with Gasteiger partial charge in [0.15, 0.2) is 0 Å². The van der Waals surface area contributed by atoms with Crippen molar-refractivity contribution in [2.75, 3.05) is 13.6 Å². The van der Waals surface area contributed by atoms with Gasteiger partial charge in [-0.15, -0.1) is 0 Å². The average Bonchev–Trinajstić information content (AvgIpc) is 2.70. The highest BCUT2D eigenvalue weighted by Gasteiger charge is 2.34. The molecule has 2 rings (SSSR count). The number of piperidine rings is 1. The van der Waals surface area contributed by atoms with Crippen LogP contribution < -0.4 is 5.32 Å². The summed E-state index contributed by atoms with van der Waals surface area (Å²) in [7, 11) is 1.76. The molecule has 0 aromatic carbocycles. The molecule has 2 fully saturated rings. The molecule has 1 aliphatic carbocycles. The number of likely N-dealkylation sites (tertiary alicyclic amines) is 1. The first kappa shape index (κ1) is 13.3. The second kappa shape index (κ2) is 5.26. The van der Waals surface area contributed by atoms with E-state index >= 15 is 0 Å². The van der Waals surface area contributed by atoms with Gasteiger partial charge in [-0.25, -0.2) is 0 Å². The predicted molar refractivity (Wildman–Crippen MR) is 66.8 cm³/mol. The van der Waals surface area contributed by atoms with Gasteiger partial charge < -0.3 is 15.3 Å². The molecule has 2 aliphatic rings. The Balaban J connectivity index is 1.79. The molecule has 102 valence electrons. The van der Waals surface area contributed by atoms with Crippen LogP contribution in [-0.4, -0.2) is 47.1 Å². The van der Waals surface area contributed by atoms with Gasteiger partial charge in [-0.1, -0.05) is 12.8 Å². The Morgan fingerprint density at radius 1 is 1.50 bits per heavy atom. The summed E-state index contributed by atoms with van der Waals surface area (Å²) in [5.41, 5.74) is -0.791.